The molecule has 4 aliphatic rings. The highest BCUT2D eigenvalue weighted by Gasteiger charge is 2.59. The molecule has 0 saturated heterocycles. The summed E-state index contributed by atoms with van der Waals surface area (Å²) in [5, 5.41) is 0. The van der Waals surface area contributed by atoms with Crippen LogP contribution in [0.4, 0.5) is 0 Å². The molecule has 9 atom stereocenters. The Morgan fingerprint density at radius 2 is 1.54 bits per heavy atom. The molecule has 0 spiro atoms. The summed E-state index contributed by atoms with van der Waals surface area (Å²) in [4.78, 5) is 28.5. The molecule has 0 heterocycles. The van der Waals surface area contributed by atoms with Crippen LogP contribution >= 0.6 is 0 Å². The van der Waals surface area contributed by atoms with Gasteiger partial charge >= 0.3 is 5.97 Å². The van der Waals surface area contributed by atoms with Crippen molar-refractivity contribution in [3.8, 4) is 0 Å². The second-order valence-corrected chi connectivity index (χ2v) is 18.2. The Kier molecular flexibility index (Phi) is 16.2. The highest BCUT2D eigenvalue weighted by Crippen LogP contribution is 2.67. The summed E-state index contributed by atoms with van der Waals surface area (Å²) in [6.07, 6.45) is 24.9. The van der Waals surface area contributed by atoms with Gasteiger partial charge in [0.05, 0.1) is 6.04 Å². The van der Waals surface area contributed by atoms with Crippen LogP contribution in [-0.2, 0) is 14.3 Å². The van der Waals surface area contributed by atoms with Crippen molar-refractivity contribution in [2.24, 2.45) is 63.5 Å². The molecular weight excluding hydrogens is 620 g/mol. The number of amides is 1. The van der Waals surface area contributed by atoms with Crippen LogP contribution < -0.4 is 17.2 Å². The van der Waals surface area contributed by atoms with E-state index in [1.165, 1.54) is 56.9 Å². The number of rotatable bonds is 21. The van der Waals surface area contributed by atoms with Crippen LogP contribution in [0.25, 0.3) is 0 Å². The fraction of sp³-hybridized carbons (Fsp3) is 0.907. The highest BCUT2D eigenvalue weighted by molar-refractivity contribution is 5.85. The third kappa shape index (κ3) is 10.4. The highest BCUT2D eigenvalue weighted by atomic mass is 16.5. The Labute approximate surface area is 307 Å². The molecule has 288 valence electrons. The van der Waals surface area contributed by atoms with E-state index in [0.29, 0.717) is 24.9 Å². The smallest absolute Gasteiger partial charge is 0.325 e. The van der Waals surface area contributed by atoms with Crippen LogP contribution in [0.15, 0.2) is 11.6 Å². The Hall–Kier alpha value is -1.44. The number of hydrogen-bond acceptors (Lipinski definition) is 6. The molecule has 0 aromatic carbocycles. The van der Waals surface area contributed by atoms with Crippen molar-refractivity contribution in [1.29, 1.82) is 0 Å². The van der Waals surface area contributed by atoms with Crippen molar-refractivity contribution in [2.75, 3.05) is 26.2 Å². The first-order chi connectivity index (χ1) is 23.9. The number of hydrogen-bond donors (Lipinski definition) is 3. The molecule has 1 amide bonds. The predicted molar refractivity (Wildman–Crippen MR) is 207 cm³/mol. The summed E-state index contributed by atoms with van der Waals surface area (Å²) in [5.74, 6) is 4.49. The Morgan fingerprint density at radius 1 is 0.840 bits per heavy atom. The zero-order valence-electron chi connectivity index (χ0n) is 33.1. The molecule has 3 saturated carbocycles. The lowest BCUT2D eigenvalue weighted by Crippen LogP contribution is -2.51. The van der Waals surface area contributed by atoms with Crippen molar-refractivity contribution in [3.05, 3.63) is 11.6 Å². The van der Waals surface area contributed by atoms with Gasteiger partial charge in [-0.25, -0.2) is 0 Å². The van der Waals surface area contributed by atoms with Crippen LogP contribution in [-0.4, -0.2) is 55.1 Å². The van der Waals surface area contributed by atoms with Crippen LogP contribution in [0, 0.1) is 46.3 Å². The van der Waals surface area contributed by atoms with Gasteiger partial charge in [0, 0.05) is 13.0 Å². The van der Waals surface area contributed by atoms with Gasteiger partial charge in [-0.05, 0) is 130 Å². The maximum atomic E-state index is 13.4. The normalized spacial score (nSPS) is 31.7. The maximum absolute atomic E-state index is 13.4. The summed E-state index contributed by atoms with van der Waals surface area (Å²) >= 11 is 0. The van der Waals surface area contributed by atoms with Gasteiger partial charge in [-0.2, -0.15) is 0 Å². The van der Waals surface area contributed by atoms with Gasteiger partial charge in [-0.3, -0.25) is 9.59 Å². The first kappa shape index (κ1) is 41.3. The Morgan fingerprint density at radius 3 is 2.26 bits per heavy atom. The van der Waals surface area contributed by atoms with E-state index in [1.54, 1.807) is 4.90 Å². The lowest BCUT2D eigenvalue weighted by atomic mass is 9.47. The zero-order valence-corrected chi connectivity index (χ0v) is 33.1. The number of ether oxygens (including phenoxy) is 1. The number of esters is 1. The molecule has 0 aromatic rings. The lowest BCUT2D eigenvalue weighted by Gasteiger charge is -2.58. The van der Waals surface area contributed by atoms with E-state index in [4.69, 9.17) is 21.9 Å². The number of carbonyl (C=O) groups is 2. The fourth-order valence-corrected chi connectivity index (χ4v) is 11.4. The standard InChI is InChI=1S/C43H78N4O3/c1-31(2)15-14-16-32(3)36-20-21-37-35-19-18-33-29-34(22-24-42(33,4)38(35)23-25-43(36,37)5)50-40(48)30-47(28-13-9-7-6-8-11-26-44)41(49)39(46)17-10-12-27-45/h18,31-32,34-39H,6-17,19-30,44-46H2,1-5H3/t32-,34+,35+,36-,37+,38+,39+,42+,43-/m1/s1. The van der Waals surface area contributed by atoms with Gasteiger partial charge in [0.1, 0.15) is 12.6 Å². The van der Waals surface area contributed by atoms with Crippen molar-refractivity contribution in [2.45, 2.75) is 175 Å². The van der Waals surface area contributed by atoms with E-state index in [1.807, 2.05) is 0 Å². The number of carbonyl (C=O) groups excluding carboxylic acids is 2. The molecule has 3 fully saturated rings. The molecule has 0 aromatic heterocycles. The molecule has 50 heavy (non-hydrogen) atoms. The fourth-order valence-electron chi connectivity index (χ4n) is 11.4. The Bertz CT molecular complexity index is 1090. The van der Waals surface area contributed by atoms with Gasteiger partial charge in [0.15, 0.2) is 0 Å². The van der Waals surface area contributed by atoms with E-state index in [2.05, 4.69) is 40.7 Å². The second-order valence-electron chi connectivity index (χ2n) is 18.2. The van der Waals surface area contributed by atoms with Crippen LogP contribution in [0.2, 0.25) is 0 Å². The van der Waals surface area contributed by atoms with E-state index in [9.17, 15) is 9.59 Å². The van der Waals surface area contributed by atoms with E-state index in [0.717, 1.165) is 113 Å². The molecule has 7 nitrogen and oxygen atoms in total. The minimum atomic E-state index is -0.602. The predicted octanol–water partition coefficient (Wildman–Crippen LogP) is 8.52. The van der Waals surface area contributed by atoms with Crippen molar-refractivity contribution in [1.82, 2.24) is 4.90 Å². The summed E-state index contributed by atoms with van der Waals surface area (Å²) < 4.78 is 6.18. The summed E-state index contributed by atoms with van der Waals surface area (Å²) in [5.41, 5.74) is 19.9. The van der Waals surface area contributed by atoms with E-state index < -0.39 is 6.04 Å². The summed E-state index contributed by atoms with van der Waals surface area (Å²) in [6.45, 7) is 14.4. The third-order valence-electron chi connectivity index (χ3n) is 14.4. The monoisotopic (exact) mass is 699 g/mol. The van der Waals surface area contributed by atoms with Crippen LogP contribution in [0.5, 0.6) is 0 Å². The quantitative estimate of drug-likeness (QED) is 0.0627. The molecule has 0 bridgehead atoms. The Balaban J connectivity index is 1.33. The molecule has 7 heteroatoms. The average molecular weight is 699 g/mol. The van der Waals surface area contributed by atoms with Crippen molar-refractivity contribution in [3.63, 3.8) is 0 Å². The van der Waals surface area contributed by atoms with Gasteiger partial charge < -0.3 is 26.8 Å². The first-order valence-corrected chi connectivity index (χ1v) is 21.3. The van der Waals surface area contributed by atoms with Crippen LogP contribution in [0.1, 0.15) is 163 Å². The summed E-state index contributed by atoms with van der Waals surface area (Å²) in [7, 11) is 0. The zero-order chi connectivity index (χ0) is 36.3. The first-order valence-electron chi connectivity index (χ1n) is 21.3. The van der Waals surface area contributed by atoms with Gasteiger partial charge in [-0.15, -0.1) is 0 Å². The molecule has 0 radical (unpaired) electrons. The largest absolute Gasteiger partial charge is 0.461 e. The lowest BCUT2D eigenvalue weighted by molar-refractivity contribution is -0.156. The molecular formula is C43H78N4O3. The van der Waals surface area contributed by atoms with Crippen molar-refractivity contribution < 1.29 is 14.3 Å². The van der Waals surface area contributed by atoms with Gasteiger partial charge in [0.25, 0.3) is 0 Å². The average Bonchev–Trinajstić information content (AvgIpc) is 3.44. The number of allylic oxidation sites excluding steroid dienone is 1. The molecule has 4 aliphatic carbocycles. The molecule has 4 rings (SSSR count). The summed E-state index contributed by atoms with van der Waals surface area (Å²) in [6, 6.07) is -0.602. The van der Waals surface area contributed by atoms with E-state index in [-0.39, 0.29) is 29.9 Å². The second kappa shape index (κ2) is 19.6. The number of fused-ring (bicyclic) bond motifs is 5. The van der Waals surface area contributed by atoms with E-state index >= 15 is 0 Å². The maximum Gasteiger partial charge on any atom is 0.325 e. The van der Waals surface area contributed by atoms with Gasteiger partial charge in [0.2, 0.25) is 5.91 Å². The van der Waals surface area contributed by atoms with Crippen molar-refractivity contribution >= 4 is 11.9 Å². The third-order valence-corrected chi connectivity index (χ3v) is 14.4. The number of nitrogens with zero attached hydrogens (tertiary/aromatic N) is 1. The molecule has 0 aliphatic heterocycles. The molecule has 6 N–H and O–H groups in total. The number of unbranched alkanes of at least 4 members (excludes halogenated alkanes) is 6. The topological polar surface area (TPSA) is 125 Å². The van der Waals surface area contributed by atoms with Crippen LogP contribution in [0.3, 0.4) is 0 Å². The van der Waals surface area contributed by atoms with Gasteiger partial charge in [-0.1, -0.05) is 97.6 Å². The SMILES string of the molecule is CC(C)CCC[C@@H](C)[C@H]1CC[C@H]2[C@@H]3CC=C4C[C@@H](OC(=O)CN(CCCCCCCCN)C(=O)[C@@H](N)CCCCN)CC[C@]4(C)[C@H]3CC[C@]12C. The number of nitrogens with two attached hydrogens (primary N) is 3. The molecule has 0 unspecified atom stereocenters. The minimum Gasteiger partial charge on any atom is -0.461 e. The minimum absolute atomic E-state index is 0.00850.